The Kier molecular flexibility index (Phi) is 6.45. The average Bonchev–Trinajstić information content (AvgIpc) is 2.73. The molecule has 1 aromatic heterocycles. The molecule has 0 amide bonds. The number of benzene rings is 2. The number of anilines is 1. The van der Waals surface area contributed by atoms with Crippen LogP contribution in [0.2, 0.25) is 0 Å². The summed E-state index contributed by atoms with van der Waals surface area (Å²) in [6.07, 6.45) is 0.546. The van der Waals surface area contributed by atoms with Gasteiger partial charge >= 0.3 is 0 Å². The van der Waals surface area contributed by atoms with Gasteiger partial charge in [-0.25, -0.2) is 9.97 Å². The predicted octanol–water partition coefficient (Wildman–Crippen LogP) is 4.00. The zero-order chi connectivity index (χ0) is 19.9. The van der Waals surface area contributed by atoms with Crippen LogP contribution in [0.5, 0.6) is 11.5 Å². The highest BCUT2D eigenvalue weighted by molar-refractivity contribution is 5.64. The maximum atomic E-state index is 9.53. The Morgan fingerprint density at radius 1 is 0.964 bits per heavy atom. The van der Waals surface area contributed by atoms with Crippen molar-refractivity contribution in [3.8, 4) is 22.8 Å². The fraction of sp³-hybridized carbons (Fsp3) is 0.273. The van der Waals surface area contributed by atoms with E-state index in [2.05, 4.69) is 15.3 Å². The van der Waals surface area contributed by atoms with Crippen LogP contribution in [0.4, 0.5) is 5.82 Å². The molecule has 0 radical (unpaired) electrons. The highest BCUT2D eigenvalue weighted by atomic mass is 16.5. The first-order valence-electron chi connectivity index (χ1n) is 9.14. The first-order valence-corrected chi connectivity index (χ1v) is 9.14. The summed E-state index contributed by atoms with van der Waals surface area (Å²) < 4.78 is 10.6. The molecule has 1 atom stereocenters. The Hall–Kier alpha value is -3.12. The topological polar surface area (TPSA) is 76.5 Å². The maximum Gasteiger partial charge on any atom is 0.130 e. The van der Waals surface area contributed by atoms with Gasteiger partial charge in [0, 0.05) is 18.2 Å². The summed E-state index contributed by atoms with van der Waals surface area (Å²) >= 11 is 0. The Bertz CT molecular complexity index is 930. The van der Waals surface area contributed by atoms with E-state index in [-0.39, 0.29) is 12.6 Å². The quantitative estimate of drug-likeness (QED) is 0.616. The van der Waals surface area contributed by atoms with Crippen molar-refractivity contribution >= 4 is 5.82 Å². The Morgan fingerprint density at radius 2 is 1.68 bits per heavy atom. The van der Waals surface area contributed by atoms with Crippen molar-refractivity contribution < 1.29 is 14.6 Å². The molecule has 6 heteroatoms. The number of nitrogens with one attached hydrogen (secondary N) is 1. The van der Waals surface area contributed by atoms with Crippen molar-refractivity contribution in [1.82, 2.24) is 9.97 Å². The van der Waals surface area contributed by atoms with E-state index in [9.17, 15) is 5.11 Å². The van der Waals surface area contributed by atoms with E-state index in [0.29, 0.717) is 18.1 Å². The Morgan fingerprint density at radius 3 is 2.39 bits per heavy atom. The van der Waals surface area contributed by atoms with Crippen molar-refractivity contribution in [1.29, 1.82) is 0 Å². The summed E-state index contributed by atoms with van der Waals surface area (Å²) in [5.74, 6) is 2.92. The molecule has 0 fully saturated rings. The molecular formula is C22H25N3O3. The zero-order valence-corrected chi connectivity index (χ0v) is 16.3. The molecule has 3 aromatic rings. The smallest absolute Gasteiger partial charge is 0.130 e. The molecule has 0 aliphatic rings. The number of hydrogen-bond donors (Lipinski definition) is 2. The van der Waals surface area contributed by atoms with Gasteiger partial charge in [0.2, 0.25) is 0 Å². The maximum absolute atomic E-state index is 9.53. The molecule has 28 heavy (non-hydrogen) atoms. The lowest BCUT2D eigenvalue weighted by Crippen LogP contribution is -2.14. The summed E-state index contributed by atoms with van der Waals surface area (Å²) in [7, 11) is 3.28. The van der Waals surface area contributed by atoms with Crippen molar-refractivity contribution in [2.45, 2.75) is 19.4 Å². The zero-order valence-electron chi connectivity index (χ0n) is 16.3. The van der Waals surface area contributed by atoms with Crippen LogP contribution in [0.1, 0.15) is 23.9 Å². The minimum absolute atomic E-state index is 0.0572. The first-order chi connectivity index (χ1) is 13.6. The average molecular weight is 379 g/mol. The second-order valence-corrected chi connectivity index (χ2v) is 6.40. The SMILES string of the molecule is COc1cccc(-c2cc(NC(CCO)c3cccc(OC)c3)nc(C)n2)c1. The third-order valence-electron chi connectivity index (χ3n) is 4.44. The fourth-order valence-electron chi connectivity index (χ4n) is 3.06. The lowest BCUT2D eigenvalue weighted by atomic mass is 10.0. The van der Waals surface area contributed by atoms with E-state index < -0.39 is 0 Å². The van der Waals surface area contributed by atoms with Crippen LogP contribution in [0.25, 0.3) is 11.3 Å². The monoisotopic (exact) mass is 379 g/mol. The third-order valence-corrected chi connectivity index (χ3v) is 4.44. The summed E-state index contributed by atoms with van der Waals surface area (Å²) in [6, 6.07) is 17.4. The Labute approximate surface area is 165 Å². The fourth-order valence-corrected chi connectivity index (χ4v) is 3.06. The third kappa shape index (κ3) is 4.78. The number of rotatable bonds is 8. The summed E-state index contributed by atoms with van der Waals surface area (Å²) in [4.78, 5) is 9.08. The van der Waals surface area contributed by atoms with E-state index in [0.717, 1.165) is 28.3 Å². The van der Waals surface area contributed by atoms with Crippen LogP contribution in [-0.4, -0.2) is 35.9 Å². The van der Waals surface area contributed by atoms with Gasteiger partial charge < -0.3 is 19.9 Å². The number of aliphatic hydroxyl groups excluding tert-OH is 1. The number of aromatic nitrogens is 2. The van der Waals surface area contributed by atoms with Gasteiger partial charge in [-0.1, -0.05) is 24.3 Å². The van der Waals surface area contributed by atoms with Gasteiger partial charge in [0.25, 0.3) is 0 Å². The molecule has 3 rings (SSSR count). The van der Waals surface area contributed by atoms with Crippen molar-refractivity contribution in [3.63, 3.8) is 0 Å². The van der Waals surface area contributed by atoms with E-state index in [4.69, 9.17) is 9.47 Å². The molecule has 0 aliphatic carbocycles. The minimum atomic E-state index is -0.104. The molecule has 0 spiro atoms. The number of ether oxygens (including phenoxy) is 2. The molecule has 2 N–H and O–H groups in total. The van der Waals surface area contributed by atoms with E-state index in [1.165, 1.54) is 0 Å². The lowest BCUT2D eigenvalue weighted by Gasteiger charge is -2.20. The highest BCUT2D eigenvalue weighted by Crippen LogP contribution is 2.28. The molecule has 146 valence electrons. The second kappa shape index (κ2) is 9.19. The molecular weight excluding hydrogens is 354 g/mol. The number of nitrogens with zero attached hydrogens (tertiary/aromatic N) is 2. The standard InChI is InChI=1S/C22H25N3O3/c1-15-23-21(17-7-5-9-19(13-17)28-3)14-22(24-15)25-20(10-11-26)16-6-4-8-18(12-16)27-2/h4-9,12-14,20,26H,10-11H2,1-3H3,(H,23,24,25). The predicted molar refractivity (Wildman–Crippen MR) is 110 cm³/mol. The molecule has 2 aromatic carbocycles. The van der Waals surface area contributed by atoms with Gasteiger partial charge in [0.15, 0.2) is 0 Å². The van der Waals surface area contributed by atoms with Crippen LogP contribution in [0.15, 0.2) is 54.6 Å². The molecule has 0 bridgehead atoms. The van der Waals surface area contributed by atoms with Gasteiger partial charge in [0.05, 0.1) is 26.0 Å². The van der Waals surface area contributed by atoms with Crippen LogP contribution in [0.3, 0.4) is 0 Å². The van der Waals surface area contributed by atoms with E-state index in [1.807, 2.05) is 61.5 Å². The van der Waals surface area contributed by atoms with Crippen LogP contribution in [0, 0.1) is 6.92 Å². The van der Waals surface area contributed by atoms with Crippen molar-refractivity contribution in [3.05, 3.63) is 66.0 Å². The number of aliphatic hydroxyl groups is 1. The van der Waals surface area contributed by atoms with E-state index >= 15 is 0 Å². The van der Waals surface area contributed by atoms with Gasteiger partial charge in [-0.3, -0.25) is 0 Å². The Balaban J connectivity index is 1.92. The number of hydrogen-bond acceptors (Lipinski definition) is 6. The lowest BCUT2D eigenvalue weighted by molar-refractivity contribution is 0.279. The van der Waals surface area contributed by atoms with Crippen LogP contribution in [-0.2, 0) is 0 Å². The van der Waals surface area contributed by atoms with Crippen LogP contribution >= 0.6 is 0 Å². The summed E-state index contributed by atoms with van der Waals surface area (Å²) in [5, 5.41) is 13.0. The van der Waals surface area contributed by atoms with Gasteiger partial charge in [-0.2, -0.15) is 0 Å². The second-order valence-electron chi connectivity index (χ2n) is 6.40. The van der Waals surface area contributed by atoms with Gasteiger partial charge in [-0.15, -0.1) is 0 Å². The first kappa shape index (κ1) is 19.6. The van der Waals surface area contributed by atoms with E-state index in [1.54, 1.807) is 14.2 Å². The summed E-state index contributed by atoms with van der Waals surface area (Å²) in [5.41, 5.74) is 2.78. The highest BCUT2D eigenvalue weighted by Gasteiger charge is 2.14. The van der Waals surface area contributed by atoms with Crippen molar-refractivity contribution in [2.75, 3.05) is 26.1 Å². The minimum Gasteiger partial charge on any atom is -0.497 e. The molecule has 1 heterocycles. The molecule has 0 saturated heterocycles. The molecule has 0 saturated carbocycles. The largest absolute Gasteiger partial charge is 0.497 e. The number of methoxy groups -OCH3 is 2. The van der Waals surface area contributed by atoms with Gasteiger partial charge in [0.1, 0.15) is 23.1 Å². The molecule has 6 nitrogen and oxygen atoms in total. The van der Waals surface area contributed by atoms with Gasteiger partial charge in [-0.05, 0) is 43.2 Å². The molecule has 0 aliphatic heterocycles. The normalized spacial score (nSPS) is 11.7. The van der Waals surface area contributed by atoms with Crippen molar-refractivity contribution in [2.24, 2.45) is 0 Å². The molecule has 1 unspecified atom stereocenters. The number of aryl methyl sites for hydroxylation is 1. The summed E-state index contributed by atoms with van der Waals surface area (Å²) in [6.45, 7) is 1.92. The van der Waals surface area contributed by atoms with Crippen LogP contribution < -0.4 is 14.8 Å².